The molecule has 0 aromatic rings. The van der Waals surface area contributed by atoms with Gasteiger partial charge in [-0.15, -0.1) is 0 Å². The number of hydrogen-bond donors (Lipinski definition) is 2. The number of rotatable bonds is 1. The van der Waals surface area contributed by atoms with Crippen LogP contribution in [0.5, 0.6) is 0 Å². The van der Waals surface area contributed by atoms with Gasteiger partial charge in [-0.3, -0.25) is 0 Å². The predicted molar refractivity (Wildman–Crippen MR) is 38.6 cm³/mol. The van der Waals surface area contributed by atoms with Crippen molar-refractivity contribution in [1.29, 1.82) is 0 Å². The van der Waals surface area contributed by atoms with Crippen LogP contribution in [0.2, 0.25) is 0 Å². The van der Waals surface area contributed by atoms with Crippen LogP contribution in [-0.4, -0.2) is 31.5 Å². The maximum atomic E-state index is 8.54. The second kappa shape index (κ2) is 4.30. The summed E-state index contributed by atoms with van der Waals surface area (Å²) in [5.74, 6) is 0. The summed E-state index contributed by atoms with van der Waals surface area (Å²) in [6.45, 7) is 2.47. The lowest BCUT2D eigenvalue weighted by atomic mass is 10.4. The number of hydrogen-bond acceptors (Lipinski definition) is 3. The van der Waals surface area contributed by atoms with Crippen molar-refractivity contribution in [2.45, 2.75) is 6.42 Å². The van der Waals surface area contributed by atoms with Crippen LogP contribution in [0, 0.1) is 0 Å². The molecule has 1 aliphatic heterocycles. The lowest BCUT2D eigenvalue weighted by Gasteiger charge is -2.03. The van der Waals surface area contributed by atoms with Crippen molar-refractivity contribution < 1.29 is 9.84 Å². The molecule has 0 atom stereocenters. The minimum atomic E-state index is 0.0890. The Morgan fingerprint density at radius 2 is 2.60 bits per heavy atom. The number of ether oxygens (including phenoxy) is 1. The first-order chi connectivity index (χ1) is 4.93. The molecule has 0 bridgehead atoms. The molecule has 0 aromatic heterocycles. The van der Waals surface area contributed by atoms with E-state index in [1.165, 1.54) is 0 Å². The van der Waals surface area contributed by atoms with Crippen LogP contribution in [0.15, 0.2) is 11.8 Å². The van der Waals surface area contributed by atoms with E-state index in [2.05, 4.69) is 5.32 Å². The Kier molecular flexibility index (Phi) is 3.26. The molecule has 1 heterocycles. The molecule has 0 aromatic carbocycles. The molecule has 3 nitrogen and oxygen atoms in total. The van der Waals surface area contributed by atoms with E-state index in [4.69, 9.17) is 9.84 Å². The van der Waals surface area contributed by atoms with Crippen LogP contribution in [0.3, 0.4) is 0 Å². The van der Waals surface area contributed by atoms with Gasteiger partial charge >= 0.3 is 0 Å². The second-order valence-electron chi connectivity index (χ2n) is 2.24. The molecule has 0 aliphatic carbocycles. The molecule has 10 heavy (non-hydrogen) atoms. The van der Waals surface area contributed by atoms with Gasteiger partial charge in [0, 0.05) is 18.8 Å². The highest BCUT2D eigenvalue weighted by Crippen LogP contribution is 1.96. The van der Waals surface area contributed by atoms with Crippen molar-refractivity contribution in [3.8, 4) is 0 Å². The van der Waals surface area contributed by atoms with E-state index in [0.29, 0.717) is 6.61 Å². The quantitative estimate of drug-likeness (QED) is 0.537. The topological polar surface area (TPSA) is 41.5 Å². The van der Waals surface area contributed by atoms with Crippen LogP contribution in [0.25, 0.3) is 0 Å². The van der Waals surface area contributed by atoms with Gasteiger partial charge < -0.3 is 15.2 Å². The normalized spacial score (nSPS) is 23.9. The van der Waals surface area contributed by atoms with Gasteiger partial charge in [-0.1, -0.05) is 0 Å². The van der Waals surface area contributed by atoms with Crippen molar-refractivity contribution in [3.05, 3.63) is 11.8 Å². The SMILES string of the molecule is OC/C=C1/COCCCN1. The molecule has 1 fully saturated rings. The molecule has 0 saturated carbocycles. The summed E-state index contributed by atoms with van der Waals surface area (Å²) >= 11 is 0. The summed E-state index contributed by atoms with van der Waals surface area (Å²) in [5, 5.41) is 11.7. The summed E-state index contributed by atoms with van der Waals surface area (Å²) in [7, 11) is 0. The third-order valence-corrected chi connectivity index (χ3v) is 1.41. The van der Waals surface area contributed by atoms with Gasteiger partial charge in [0.1, 0.15) is 0 Å². The summed E-state index contributed by atoms with van der Waals surface area (Å²) in [6.07, 6.45) is 2.79. The Labute approximate surface area is 60.7 Å². The summed E-state index contributed by atoms with van der Waals surface area (Å²) in [6, 6.07) is 0. The lowest BCUT2D eigenvalue weighted by Crippen LogP contribution is -2.14. The van der Waals surface area contributed by atoms with E-state index >= 15 is 0 Å². The highest BCUT2D eigenvalue weighted by Gasteiger charge is 2.00. The summed E-state index contributed by atoms with van der Waals surface area (Å²) < 4.78 is 5.22. The van der Waals surface area contributed by atoms with E-state index in [1.54, 1.807) is 6.08 Å². The van der Waals surface area contributed by atoms with E-state index in [0.717, 1.165) is 25.3 Å². The van der Waals surface area contributed by atoms with Crippen LogP contribution in [-0.2, 0) is 4.74 Å². The monoisotopic (exact) mass is 143 g/mol. The number of aliphatic hydroxyl groups excluding tert-OH is 1. The van der Waals surface area contributed by atoms with Crippen LogP contribution in [0.4, 0.5) is 0 Å². The maximum Gasteiger partial charge on any atom is 0.0860 e. The Morgan fingerprint density at radius 3 is 3.40 bits per heavy atom. The van der Waals surface area contributed by atoms with Gasteiger partial charge in [0.2, 0.25) is 0 Å². The molecule has 0 spiro atoms. The Morgan fingerprint density at radius 1 is 1.70 bits per heavy atom. The lowest BCUT2D eigenvalue weighted by molar-refractivity contribution is 0.163. The summed E-state index contributed by atoms with van der Waals surface area (Å²) in [4.78, 5) is 0. The van der Waals surface area contributed by atoms with Crippen LogP contribution < -0.4 is 5.32 Å². The zero-order valence-electron chi connectivity index (χ0n) is 5.97. The van der Waals surface area contributed by atoms with Gasteiger partial charge in [-0.2, -0.15) is 0 Å². The predicted octanol–water partition coefficient (Wildman–Crippen LogP) is -0.128. The largest absolute Gasteiger partial charge is 0.392 e. The first kappa shape index (κ1) is 7.57. The molecule has 1 aliphatic rings. The first-order valence-corrected chi connectivity index (χ1v) is 3.55. The molecule has 58 valence electrons. The van der Waals surface area contributed by atoms with Gasteiger partial charge in [0.25, 0.3) is 0 Å². The molecule has 3 heteroatoms. The van der Waals surface area contributed by atoms with Crippen molar-refractivity contribution in [2.24, 2.45) is 0 Å². The second-order valence-corrected chi connectivity index (χ2v) is 2.24. The maximum absolute atomic E-state index is 8.54. The molecule has 2 N–H and O–H groups in total. The van der Waals surface area contributed by atoms with Crippen molar-refractivity contribution >= 4 is 0 Å². The molecular weight excluding hydrogens is 130 g/mol. The van der Waals surface area contributed by atoms with Crippen molar-refractivity contribution in [1.82, 2.24) is 5.32 Å². The smallest absolute Gasteiger partial charge is 0.0860 e. The Bertz CT molecular complexity index is 113. The third kappa shape index (κ3) is 2.37. The van der Waals surface area contributed by atoms with Crippen LogP contribution in [0.1, 0.15) is 6.42 Å². The molecular formula is C7H13NO2. The minimum Gasteiger partial charge on any atom is -0.392 e. The van der Waals surface area contributed by atoms with E-state index in [1.807, 2.05) is 0 Å². The molecule has 0 unspecified atom stereocenters. The zero-order valence-corrected chi connectivity index (χ0v) is 5.97. The van der Waals surface area contributed by atoms with Gasteiger partial charge in [-0.25, -0.2) is 0 Å². The van der Waals surface area contributed by atoms with Gasteiger partial charge in [-0.05, 0) is 12.5 Å². The van der Waals surface area contributed by atoms with Gasteiger partial charge in [0.15, 0.2) is 0 Å². The molecule has 1 saturated heterocycles. The van der Waals surface area contributed by atoms with Crippen LogP contribution >= 0.6 is 0 Å². The van der Waals surface area contributed by atoms with Crippen molar-refractivity contribution in [3.63, 3.8) is 0 Å². The Hall–Kier alpha value is -0.540. The van der Waals surface area contributed by atoms with Crippen molar-refractivity contribution in [2.75, 3.05) is 26.4 Å². The first-order valence-electron chi connectivity index (χ1n) is 3.55. The number of aliphatic hydroxyl groups is 1. The third-order valence-electron chi connectivity index (χ3n) is 1.41. The molecule has 0 amide bonds. The van der Waals surface area contributed by atoms with E-state index < -0.39 is 0 Å². The number of nitrogens with one attached hydrogen (secondary N) is 1. The zero-order chi connectivity index (χ0) is 7.23. The molecule has 1 rings (SSSR count). The average Bonchev–Trinajstić information content (AvgIpc) is 2.17. The fourth-order valence-electron chi connectivity index (χ4n) is 0.898. The fourth-order valence-corrected chi connectivity index (χ4v) is 0.898. The fraction of sp³-hybridized carbons (Fsp3) is 0.714. The van der Waals surface area contributed by atoms with Gasteiger partial charge in [0.05, 0.1) is 13.2 Å². The minimum absolute atomic E-state index is 0.0890. The highest BCUT2D eigenvalue weighted by atomic mass is 16.5. The highest BCUT2D eigenvalue weighted by molar-refractivity contribution is 5.00. The molecule has 0 radical (unpaired) electrons. The summed E-state index contributed by atoms with van der Waals surface area (Å²) in [5.41, 5.74) is 1.00. The van der Waals surface area contributed by atoms with E-state index in [9.17, 15) is 0 Å². The Balaban J connectivity index is 2.35. The van der Waals surface area contributed by atoms with E-state index in [-0.39, 0.29) is 6.61 Å². The standard InChI is InChI=1S/C7H13NO2/c9-4-2-7-6-10-5-1-3-8-7/h2,8-9H,1,3-6H2/b7-2-. The average molecular weight is 143 g/mol.